The molecule has 0 aromatic heterocycles. The molecular formula is C11H11F2NO3. The number of hydrogen-bond acceptors (Lipinski definition) is 2. The second kappa shape index (κ2) is 5.38. The lowest BCUT2D eigenvalue weighted by Gasteiger charge is -2.15. The van der Waals surface area contributed by atoms with E-state index in [9.17, 15) is 18.4 Å². The second-order valence-corrected chi connectivity index (χ2v) is 3.50. The number of carbonyl (C=O) groups is 2. The maximum atomic E-state index is 13.3. The zero-order chi connectivity index (χ0) is 13.0. The number of carboxylic acid groups (broad SMARTS) is 1. The van der Waals surface area contributed by atoms with E-state index in [4.69, 9.17) is 5.11 Å². The molecule has 0 heterocycles. The van der Waals surface area contributed by atoms with E-state index in [1.165, 1.54) is 13.0 Å². The fraction of sp³-hybridized carbons (Fsp3) is 0.273. The molecule has 2 N–H and O–H groups in total. The molecule has 1 aromatic carbocycles. The van der Waals surface area contributed by atoms with Gasteiger partial charge in [-0.15, -0.1) is 0 Å². The number of hydrogen-bond donors (Lipinski definition) is 2. The van der Waals surface area contributed by atoms with E-state index in [1.807, 2.05) is 0 Å². The van der Waals surface area contributed by atoms with Crippen LogP contribution in [0.1, 0.15) is 24.9 Å². The van der Waals surface area contributed by atoms with Crippen LogP contribution in [0.3, 0.4) is 0 Å². The molecule has 1 unspecified atom stereocenters. The first-order valence-corrected chi connectivity index (χ1v) is 4.87. The SMILES string of the molecule is CC(NC(=O)CC(=O)O)c1c(F)cccc1F. The summed E-state index contributed by atoms with van der Waals surface area (Å²) in [7, 11) is 0. The van der Waals surface area contributed by atoms with E-state index < -0.39 is 36.0 Å². The molecule has 0 saturated heterocycles. The van der Waals surface area contributed by atoms with Crippen molar-refractivity contribution in [3.63, 3.8) is 0 Å². The predicted octanol–water partition coefficient (Wildman–Crippen LogP) is 1.62. The first-order valence-electron chi connectivity index (χ1n) is 4.87. The van der Waals surface area contributed by atoms with Gasteiger partial charge in [-0.3, -0.25) is 9.59 Å². The van der Waals surface area contributed by atoms with Gasteiger partial charge in [-0.2, -0.15) is 0 Å². The van der Waals surface area contributed by atoms with E-state index in [-0.39, 0.29) is 5.56 Å². The van der Waals surface area contributed by atoms with E-state index in [2.05, 4.69) is 5.32 Å². The van der Waals surface area contributed by atoms with Crippen LogP contribution in [-0.2, 0) is 9.59 Å². The van der Waals surface area contributed by atoms with Gasteiger partial charge in [0.2, 0.25) is 5.91 Å². The molecule has 1 rings (SSSR count). The molecular weight excluding hydrogens is 232 g/mol. The highest BCUT2D eigenvalue weighted by molar-refractivity contribution is 5.93. The van der Waals surface area contributed by atoms with Gasteiger partial charge in [-0.1, -0.05) is 6.07 Å². The third kappa shape index (κ3) is 3.51. The molecule has 1 amide bonds. The number of benzene rings is 1. The molecule has 0 aliphatic rings. The highest BCUT2D eigenvalue weighted by atomic mass is 19.1. The van der Waals surface area contributed by atoms with Crippen molar-refractivity contribution in [3.05, 3.63) is 35.4 Å². The van der Waals surface area contributed by atoms with Crippen LogP contribution in [0, 0.1) is 11.6 Å². The van der Waals surface area contributed by atoms with Crippen molar-refractivity contribution in [2.75, 3.05) is 0 Å². The van der Waals surface area contributed by atoms with Crippen LogP contribution in [-0.4, -0.2) is 17.0 Å². The minimum atomic E-state index is -1.30. The Morgan fingerprint density at radius 2 is 1.88 bits per heavy atom. The Bertz CT molecular complexity index is 428. The topological polar surface area (TPSA) is 66.4 Å². The Hall–Kier alpha value is -1.98. The van der Waals surface area contributed by atoms with E-state index >= 15 is 0 Å². The predicted molar refractivity (Wildman–Crippen MR) is 55.2 cm³/mol. The highest BCUT2D eigenvalue weighted by Gasteiger charge is 2.18. The maximum Gasteiger partial charge on any atom is 0.312 e. The Balaban J connectivity index is 2.80. The monoisotopic (exact) mass is 243 g/mol. The molecule has 0 aliphatic heterocycles. The van der Waals surface area contributed by atoms with Crippen LogP contribution < -0.4 is 5.32 Å². The van der Waals surface area contributed by atoms with Crippen molar-refractivity contribution in [1.29, 1.82) is 0 Å². The standard InChI is InChI=1S/C11H11F2NO3/c1-6(14-9(15)5-10(16)17)11-7(12)3-2-4-8(11)13/h2-4,6H,5H2,1H3,(H,14,15)(H,16,17). The molecule has 6 heteroatoms. The average Bonchev–Trinajstić information content (AvgIpc) is 2.15. The summed E-state index contributed by atoms with van der Waals surface area (Å²) in [6.07, 6.45) is -0.736. The first kappa shape index (κ1) is 13.1. The largest absolute Gasteiger partial charge is 0.481 e. The lowest BCUT2D eigenvalue weighted by molar-refractivity contribution is -0.140. The lowest BCUT2D eigenvalue weighted by atomic mass is 10.1. The minimum Gasteiger partial charge on any atom is -0.481 e. The minimum absolute atomic E-state index is 0.286. The second-order valence-electron chi connectivity index (χ2n) is 3.50. The summed E-state index contributed by atoms with van der Waals surface area (Å²) in [4.78, 5) is 21.4. The summed E-state index contributed by atoms with van der Waals surface area (Å²) >= 11 is 0. The van der Waals surface area contributed by atoms with Gasteiger partial charge in [0.25, 0.3) is 0 Å². The van der Waals surface area contributed by atoms with Crippen LogP contribution >= 0.6 is 0 Å². The third-order valence-electron chi connectivity index (χ3n) is 2.12. The van der Waals surface area contributed by atoms with Gasteiger partial charge in [-0.25, -0.2) is 8.78 Å². The van der Waals surface area contributed by atoms with Gasteiger partial charge >= 0.3 is 5.97 Å². The molecule has 0 radical (unpaired) electrons. The zero-order valence-electron chi connectivity index (χ0n) is 9.04. The summed E-state index contributed by atoms with van der Waals surface area (Å²) in [5, 5.41) is 10.6. The van der Waals surface area contributed by atoms with Gasteiger partial charge < -0.3 is 10.4 Å². The van der Waals surface area contributed by atoms with E-state index in [1.54, 1.807) is 0 Å². The molecule has 0 saturated carbocycles. The number of carbonyl (C=O) groups excluding carboxylic acids is 1. The summed E-state index contributed by atoms with van der Waals surface area (Å²) in [6.45, 7) is 1.38. The molecule has 1 atom stereocenters. The smallest absolute Gasteiger partial charge is 0.312 e. The van der Waals surface area contributed by atoms with E-state index in [0.29, 0.717) is 0 Å². The summed E-state index contributed by atoms with van der Waals surface area (Å²) in [5.74, 6) is -3.67. The molecule has 17 heavy (non-hydrogen) atoms. The van der Waals surface area contributed by atoms with Crippen molar-refractivity contribution in [2.45, 2.75) is 19.4 Å². The van der Waals surface area contributed by atoms with Crippen LogP contribution in [0.4, 0.5) is 8.78 Å². The van der Waals surface area contributed by atoms with Crippen molar-refractivity contribution in [1.82, 2.24) is 5.32 Å². The van der Waals surface area contributed by atoms with Crippen LogP contribution in [0.25, 0.3) is 0 Å². The number of nitrogens with one attached hydrogen (secondary N) is 1. The van der Waals surface area contributed by atoms with E-state index in [0.717, 1.165) is 12.1 Å². The number of halogens is 2. The maximum absolute atomic E-state index is 13.3. The van der Waals surface area contributed by atoms with Crippen LogP contribution in [0.2, 0.25) is 0 Å². The zero-order valence-corrected chi connectivity index (χ0v) is 9.04. The average molecular weight is 243 g/mol. The quantitative estimate of drug-likeness (QED) is 0.789. The Kier molecular flexibility index (Phi) is 4.14. The fourth-order valence-electron chi connectivity index (χ4n) is 1.43. The number of carboxylic acids is 1. The van der Waals surface area contributed by atoms with Crippen LogP contribution in [0.15, 0.2) is 18.2 Å². The van der Waals surface area contributed by atoms with Crippen LogP contribution in [0.5, 0.6) is 0 Å². The van der Waals surface area contributed by atoms with Gasteiger partial charge in [0.1, 0.15) is 18.1 Å². The first-order chi connectivity index (χ1) is 7.91. The highest BCUT2D eigenvalue weighted by Crippen LogP contribution is 2.20. The van der Waals surface area contributed by atoms with Crippen molar-refractivity contribution in [2.24, 2.45) is 0 Å². The van der Waals surface area contributed by atoms with Gasteiger partial charge in [0.15, 0.2) is 0 Å². The number of aliphatic carboxylic acids is 1. The summed E-state index contributed by atoms with van der Waals surface area (Å²) < 4.78 is 26.6. The fourth-order valence-corrected chi connectivity index (χ4v) is 1.43. The molecule has 0 bridgehead atoms. The molecule has 0 fully saturated rings. The van der Waals surface area contributed by atoms with Crippen molar-refractivity contribution in [3.8, 4) is 0 Å². The van der Waals surface area contributed by atoms with Crippen molar-refractivity contribution < 1.29 is 23.5 Å². The third-order valence-corrected chi connectivity index (χ3v) is 2.12. The molecule has 0 spiro atoms. The van der Waals surface area contributed by atoms with Gasteiger partial charge in [-0.05, 0) is 19.1 Å². The lowest BCUT2D eigenvalue weighted by Crippen LogP contribution is -2.29. The number of amides is 1. The number of rotatable bonds is 4. The van der Waals surface area contributed by atoms with Gasteiger partial charge in [0, 0.05) is 5.56 Å². The molecule has 92 valence electrons. The normalized spacial score (nSPS) is 11.9. The summed E-state index contributed by atoms with van der Waals surface area (Å²) in [6, 6.07) is 2.42. The molecule has 0 aliphatic carbocycles. The Morgan fingerprint density at radius 3 is 2.35 bits per heavy atom. The summed E-state index contributed by atoms with van der Waals surface area (Å²) in [5.41, 5.74) is -0.286. The Labute approximate surface area is 96.3 Å². The van der Waals surface area contributed by atoms with Crippen molar-refractivity contribution >= 4 is 11.9 Å². The molecule has 4 nitrogen and oxygen atoms in total. The van der Waals surface area contributed by atoms with Gasteiger partial charge in [0.05, 0.1) is 6.04 Å². The Morgan fingerprint density at radius 1 is 1.35 bits per heavy atom. The molecule has 1 aromatic rings.